The van der Waals surface area contributed by atoms with E-state index >= 15 is 0 Å². The zero-order chi connectivity index (χ0) is 32.3. The number of hydrogen-bond donors (Lipinski definition) is 7. The van der Waals surface area contributed by atoms with E-state index in [1.807, 2.05) is 19.9 Å². The van der Waals surface area contributed by atoms with Crippen molar-refractivity contribution in [3.63, 3.8) is 0 Å². The third-order valence-electron chi connectivity index (χ3n) is 8.25. The van der Waals surface area contributed by atoms with Crippen LogP contribution in [0.25, 0.3) is 10.8 Å². The van der Waals surface area contributed by atoms with Crippen molar-refractivity contribution in [2.24, 2.45) is 0 Å². The summed E-state index contributed by atoms with van der Waals surface area (Å²) in [5.41, 5.74) is -1.12. The summed E-state index contributed by atoms with van der Waals surface area (Å²) >= 11 is 0. The van der Waals surface area contributed by atoms with Crippen molar-refractivity contribution in [3.05, 3.63) is 63.8 Å². The maximum Gasteiger partial charge on any atom is 0.207 e. The summed E-state index contributed by atoms with van der Waals surface area (Å²) in [6.07, 6.45) is 8.06. The molecule has 1 aliphatic carbocycles. The number of Topliss-reactive ketones (excluding diaryl/α,β-unsaturated/α-hetero) is 2. The SMILES string of the molecule is C/C(=C\CC/C(C)=C/C[C@]1(O)C(=O)c2c(O)cc(C)c3c(O)cc(O)c(c23)C1=O)CC/C=C(\CO)CC[C@@H](O)C(C)(C)O. The molecule has 0 radical (unpaired) electrons. The minimum absolute atomic E-state index is 0.0661. The second kappa shape index (κ2) is 13.4. The van der Waals surface area contributed by atoms with Crippen LogP contribution in [-0.4, -0.2) is 71.2 Å². The summed E-state index contributed by atoms with van der Waals surface area (Å²) in [6.45, 7) is 8.41. The van der Waals surface area contributed by atoms with Crippen LogP contribution >= 0.6 is 0 Å². The molecule has 2 atom stereocenters. The van der Waals surface area contributed by atoms with Crippen molar-refractivity contribution in [1.29, 1.82) is 0 Å². The molecule has 43 heavy (non-hydrogen) atoms. The molecule has 0 heterocycles. The smallest absolute Gasteiger partial charge is 0.207 e. The number of rotatable bonds is 13. The van der Waals surface area contributed by atoms with Crippen molar-refractivity contribution in [2.45, 2.75) is 96.9 Å². The standard InChI is InChI=1S/C34H44O9/c1-19(10-7-11-22(18-35)12-13-26(39)33(4,5)42)8-6-9-20(2)14-15-34(43)31(40)28-23(36)16-21(3)27-24(37)17-25(38)29(30(27)28)32(34)41/h8,11,14,16-17,26,35-39,42-43H,6-7,9-10,12-13,15,18H2,1-5H3/b19-8+,20-14+,22-11-/t26-,34+/m1/s1. The van der Waals surface area contributed by atoms with Crippen molar-refractivity contribution in [2.75, 3.05) is 6.61 Å². The number of carbonyl (C=O) groups is 2. The predicted octanol–water partition coefficient (Wildman–Crippen LogP) is 5.05. The van der Waals surface area contributed by atoms with Crippen molar-refractivity contribution >= 4 is 22.3 Å². The van der Waals surface area contributed by atoms with E-state index in [1.165, 1.54) is 6.07 Å². The van der Waals surface area contributed by atoms with Gasteiger partial charge in [0.25, 0.3) is 0 Å². The summed E-state index contributed by atoms with van der Waals surface area (Å²) in [4.78, 5) is 26.8. The highest BCUT2D eigenvalue weighted by molar-refractivity contribution is 6.36. The van der Waals surface area contributed by atoms with Gasteiger partial charge in [-0.3, -0.25) is 9.59 Å². The fourth-order valence-electron chi connectivity index (χ4n) is 5.44. The highest BCUT2D eigenvalue weighted by Gasteiger charge is 2.51. The van der Waals surface area contributed by atoms with E-state index in [-0.39, 0.29) is 40.7 Å². The molecule has 0 unspecified atom stereocenters. The first-order valence-electron chi connectivity index (χ1n) is 14.6. The molecular weight excluding hydrogens is 552 g/mol. The van der Waals surface area contributed by atoms with Gasteiger partial charge in [-0.15, -0.1) is 0 Å². The number of benzene rings is 2. The van der Waals surface area contributed by atoms with E-state index in [0.29, 0.717) is 37.7 Å². The predicted molar refractivity (Wildman–Crippen MR) is 165 cm³/mol. The zero-order valence-corrected chi connectivity index (χ0v) is 25.6. The zero-order valence-electron chi connectivity index (χ0n) is 25.6. The summed E-state index contributed by atoms with van der Waals surface area (Å²) in [5.74, 6) is -3.33. The fraction of sp³-hybridized carbons (Fsp3) is 0.471. The number of hydrogen-bond acceptors (Lipinski definition) is 9. The molecular formula is C34H44O9. The Kier molecular flexibility index (Phi) is 10.6. The van der Waals surface area contributed by atoms with Crippen LogP contribution < -0.4 is 0 Å². The molecule has 9 nitrogen and oxygen atoms in total. The first kappa shape index (κ1) is 34.0. The number of aliphatic hydroxyl groups is 4. The van der Waals surface area contributed by atoms with Crippen LogP contribution in [0.15, 0.2) is 47.1 Å². The molecule has 3 rings (SSSR count). The monoisotopic (exact) mass is 596 g/mol. The van der Waals surface area contributed by atoms with Gasteiger partial charge in [-0.1, -0.05) is 29.4 Å². The lowest BCUT2D eigenvalue weighted by Gasteiger charge is -2.31. The average Bonchev–Trinajstić information content (AvgIpc) is 2.91. The summed E-state index contributed by atoms with van der Waals surface area (Å²) in [7, 11) is 0. The Morgan fingerprint density at radius 3 is 1.95 bits per heavy atom. The van der Waals surface area contributed by atoms with Gasteiger partial charge >= 0.3 is 0 Å². The van der Waals surface area contributed by atoms with E-state index in [2.05, 4.69) is 6.08 Å². The first-order valence-corrected chi connectivity index (χ1v) is 14.6. The van der Waals surface area contributed by atoms with Crippen LogP contribution in [-0.2, 0) is 0 Å². The Bertz CT molecular complexity index is 1430. The minimum atomic E-state index is -2.52. The lowest BCUT2D eigenvalue weighted by Crippen LogP contribution is -2.49. The van der Waals surface area contributed by atoms with Crippen LogP contribution in [0.4, 0.5) is 0 Å². The Morgan fingerprint density at radius 2 is 1.40 bits per heavy atom. The molecule has 9 heteroatoms. The molecule has 1 aliphatic rings. The number of ketones is 2. The molecule has 2 aromatic carbocycles. The van der Waals surface area contributed by atoms with Gasteiger partial charge in [0, 0.05) is 23.3 Å². The van der Waals surface area contributed by atoms with Gasteiger partial charge < -0.3 is 35.7 Å². The molecule has 0 spiro atoms. The summed E-state index contributed by atoms with van der Waals surface area (Å²) in [6, 6.07) is 2.28. The first-order chi connectivity index (χ1) is 20.0. The number of phenols is 3. The van der Waals surface area contributed by atoms with E-state index in [0.717, 1.165) is 29.2 Å². The molecule has 0 aliphatic heterocycles. The van der Waals surface area contributed by atoms with Crippen LogP contribution in [0.1, 0.15) is 98.9 Å². The van der Waals surface area contributed by atoms with E-state index in [9.17, 15) is 45.3 Å². The van der Waals surface area contributed by atoms with Gasteiger partial charge in [0.1, 0.15) is 17.2 Å². The molecule has 2 aromatic rings. The Labute approximate surface area is 252 Å². The molecule has 234 valence electrons. The molecule has 7 N–H and O–H groups in total. The Balaban J connectivity index is 1.65. The minimum Gasteiger partial charge on any atom is -0.507 e. The second-order valence-corrected chi connectivity index (χ2v) is 12.3. The molecule has 0 amide bonds. The Morgan fingerprint density at radius 1 is 0.860 bits per heavy atom. The summed E-state index contributed by atoms with van der Waals surface area (Å²) in [5, 5.41) is 72.4. The molecule has 0 aromatic heterocycles. The highest BCUT2D eigenvalue weighted by Crippen LogP contribution is 2.47. The van der Waals surface area contributed by atoms with Gasteiger partial charge in [-0.2, -0.15) is 0 Å². The molecule has 0 saturated carbocycles. The van der Waals surface area contributed by atoms with Crippen LogP contribution in [0.2, 0.25) is 0 Å². The van der Waals surface area contributed by atoms with Crippen molar-refractivity contribution in [3.8, 4) is 17.2 Å². The topological polar surface area (TPSA) is 176 Å². The molecule has 0 fully saturated rings. The maximum atomic E-state index is 13.4. The number of carbonyl (C=O) groups excluding carboxylic acids is 2. The van der Waals surface area contributed by atoms with Crippen molar-refractivity contribution in [1.82, 2.24) is 0 Å². The number of phenolic OH excluding ortho intramolecular Hbond substituents is 3. The number of aliphatic hydroxyl groups excluding tert-OH is 2. The van der Waals surface area contributed by atoms with Crippen LogP contribution in [0.5, 0.6) is 17.2 Å². The molecule has 0 saturated heterocycles. The number of aromatic hydroxyl groups is 3. The van der Waals surface area contributed by atoms with E-state index in [4.69, 9.17) is 0 Å². The van der Waals surface area contributed by atoms with Gasteiger partial charge in [0.2, 0.25) is 11.6 Å². The van der Waals surface area contributed by atoms with E-state index < -0.39 is 40.4 Å². The number of allylic oxidation sites excluding steroid dienone is 4. The third kappa shape index (κ3) is 7.36. The summed E-state index contributed by atoms with van der Waals surface area (Å²) < 4.78 is 0. The average molecular weight is 597 g/mol. The highest BCUT2D eigenvalue weighted by atomic mass is 16.3. The number of aryl methyl sites for hydroxylation is 1. The van der Waals surface area contributed by atoms with E-state index in [1.54, 1.807) is 26.8 Å². The Hall–Kier alpha value is -3.50. The van der Waals surface area contributed by atoms with Crippen molar-refractivity contribution < 1.29 is 45.3 Å². The lowest BCUT2D eigenvalue weighted by molar-refractivity contribution is -0.0511. The van der Waals surface area contributed by atoms with Crippen LogP contribution in [0, 0.1) is 6.92 Å². The van der Waals surface area contributed by atoms with Gasteiger partial charge in [0.05, 0.1) is 29.4 Å². The largest absolute Gasteiger partial charge is 0.507 e. The van der Waals surface area contributed by atoms with Gasteiger partial charge in [0.15, 0.2) is 5.60 Å². The van der Waals surface area contributed by atoms with Gasteiger partial charge in [-0.25, -0.2) is 0 Å². The second-order valence-electron chi connectivity index (χ2n) is 12.3. The molecule has 0 bridgehead atoms. The quantitative estimate of drug-likeness (QED) is 0.123. The third-order valence-corrected chi connectivity index (χ3v) is 8.25. The van der Waals surface area contributed by atoms with Crippen LogP contribution in [0.3, 0.4) is 0 Å². The lowest BCUT2D eigenvalue weighted by atomic mass is 9.73. The normalized spacial score (nSPS) is 19.0. The maximum absolute atomic E-state index is 13.4. The van der Waals surface area contributed by atoms with Gasteiger partial charge in [-0.05, 0) is 90.3 Å². The fourth-order valence-corrected chi connectivity index (χ4v) is 5.44.